The molecule has 1 aliphatic heterocycles. The van der Waals surface area contributed by atoms with Gasteiger partial charge in [0.1, 0.15) is 0 Å². The van der Waals surface area contributed by atoms with Gasteiger partial charge in [-0.3, -0.25) is 10.1 Å². The Morgan fingerprint density at radius 3 is 2.85 bits per heavy atom. The first-order valence-corrected chi connectivity index (χ1v) is 7.02. The van der Waals surface area contributed by atoms with E-state index in [1.165, 1.54) is 0 Å². The third-order valence-corrected chi connectivity index (χ3v) is 3.25. The van der Waals surface area contributed by atoms with Gasteiger partial charge in [-0.15, -0.1) is 0 Å². The molecule has 0 spiro atoms. The summed E-state index contributed by atoms with van der Waals surface area (Å²) >= 11 is 0. The molecule has 0 saturated heterocycles. The Kier molecular flexibility index (Phi) is 4.61. The first-order valence-electron chi connectivity index (χ1n) is 7.02. The van der Waals surface area contributed by atoms with Gasteiger partial charge in [-0.1, -0.05) is 6.92 Å². The zero-order chi connectivity index (χ0) is 14.5. The summed E-state index contributed by atoms with van der Waals surface area (Å²) in [7, 11) is 0. The Morgan fingerprint density at radius 2 is 2.15 bits per heavy atom. The van der Waals surface area contributed by atoms with E-state index in [1.54, 1.807) is 13.0 Å². The number of nitrogens with one attached hydrogen (secondary N) is 1. The number of fused-ring (bicyclic) bond motifs is 1. The van der Waals surface area contributed by atoms with Crippen molar-refractivity contribution in [2.45, 2.75) is 33.1 Å². The van der Waals surface area contributed by atoms with Crippen molar-refractivity contribution in [3.05, 3.63) is 23.8 Å². The second kappa shape index (κ2) is 6.41. The molecule has 108 valence electrons. The van der Waals surface area contributed by atoms with E-state index in [1.807, 2.05) is 17.0 Å². The lowest BCUT2D eigenvalue weighted by molar-refractivity contribution is -0.118. The summed E-state index contributed by atoms with van der Waals surface area (Å²) < 4.78 is 4.85. The monoisotopic (exact) mass is 276 g/mol. The number of hydrogen-bond acceptors (Lipinski definition) is 3. The van der Waals surface area contributed by atoms with Crippen LogP contribution < -0.4 is 10.2 Å². The zero-order valence-corrected chi connectivity index (χ0v) is 11.9. The number of anilines is 2. The molecule has 0 aromatic heterocycles. The summed E-state index contributed by atoms with van der Waals surface area (Å²) in [4.78, 5) is 25.2. The predicted octanol–water partition coefficient (Wildman–Crippen LogP) is 2.94. The molecular weight excluding hydrogens is 256 g/mol. The number of aryl methyl sites for hydroxylation is 1. The summed E-state index contributed by atoms with van der Waals surface area (Å²) in [5, 5.41) is 2.69. The van der Waals surface area contributed by atoms with Crippen molar-refractivity contribution in [1.82, 2.24) is 0 Å². The number of ether oxygens (including phenoxy) is 1. The van der Waals surface area contributed by atoms with E-state index in [4.69, 9.17) is 4.74 Å². The molecule has 0 radical (unpaired) electrons. The Balaban J connectivity index is 2.19. The molecular formula is C15H20N2O3. The molecule has 1 aliphatic rings. The number of carbonyl (C=O) groups is 2. The van der Waals surface area contributed by atoms with Gasteiger partial charge in [0.05, 0.1) is 6.61 Å². The van der Waals surface area contributed by atoms with Crippen LogP contribution in [0.2, 0.25) is 0 Å². The highest BCUT2D eigenvalue weighted by Gasteiger charge is 2.23. The van der Waals surface area contributed by atoms with Crippen LogP contribution in [0, 0.1) is 0 Å². The molecule has 0 atom stereocenters. The van der Waals surface area contributed by atoms with Gasteiger partial charge in [0.25, 0.3) is 0 Å². The average Bonchev–Trinajstić information content (AvgIpc) is 2.42. The topological polar surface area (TPSA) is 58.6 Å². The van der Waals surface area contributed by atoms with Gasteiger partial charge in [0.15, 0.2) is 0 Å². The number of rotatable bonds is 4. The fraction of sp³-hybridized carbons (Fsp3) is 0.467. The van der Waals surface area contributed by atoms with Gasteiger partial charge in [-0.05, 0) is 43.5 Å². The average molecular weight is 276 g/mol. The second-order valence-electron chi connectivity index (χ2n) is 4.73. The van der Waals surface area contributed by atoms with E-state index in [0.29, 0.717) is 25.1 Å². The van der Waals surface area contributed by atoms with Crippen molar-refractivity contribution in [2.75, 3.05) is 23.4 Å². The van der Waals surface area contributed by atoms with Gasteiger partial charge >= 0.3 is 6.09 Å². The number of amides is 2. The zero-order valence-electron chi connectivity index (χ0n) is 11.9. The molecule has 1 aromatic rings. The van der Waals surface area contributed by atoms with Gasteiger partial charge in [0, 0.05) is 24.3 Å². The predicted molar refractivity (Wildman–Crippen MR) is 78.1 cm³/mol. The smallest absolute Gasteiger partial charge is 0.411 e. The Bertz CT molecular complexity index is 514. The maximum atomic E-state index is 11.9. The largest absolute Gasteiger partial charge is 0.450 e. The summed E-state index contributed by atoms with van der Waals surface area (Å²) in [6.45, 7) is 4.89. The lowest BCUT2D eigenvalue weighted by Gasteiger charge is -2.29. The molecule has 20 heavy (non-hydrogen) atoms. The molecule has 2 amide bonds. The Morgan fingerprint density at radius 1 is 1.35 bits per heavy atom. The normalized spacial score (nSPS) is 13.9. The van der Waals surface area contributed by atoms with Crippen LogP contribution in [0.5, 0.6) is 0 Å². The number of hydrogen-bond donors (Lipinski definition) is 1. The molecule has 2 rings (SSSR count). The fourth-order valence-electron chi connectivity index (χ4n) is 2.39. The van der Waals surface area contributed by atoms with Crippen LogP contribution in [0.4, 0.5) is 16.2 Å². The van der Waals surface area contributed by atoms with Crippen LogP contribution in [0.1, 0.15) is 32.3 Å². The molecule has 5 heteroatoms. The molecule has 0 unspecified atom stereocenters. The number of carbonyl (C=O) groups excluding carboxylic acids is 2. The van der Waals surface area contributed by atoms with Crippen LogP contribution in [0.3, 0.4) is 0 Å². The summed E-state index contributed by atoms with van der Waals surface area (Å²) in [5.41, 5.74) is 2.75. The van der Waals surface area contributed by atoms with Crippen molar-refractivity contribution in [2.24, 2.45) is 0 Å². The first-order chi connectivity index (χ1) is 9.65. The third-order valence-electron chi connectivity index (χ3n) is 3.25. The molecule has 5 nitrogen and oxygen atoms in total. The lowest BCUT2D eigenvalue weighted by Crippen LogP contribution is -2.35. The van der Waals surface area contributed by atoms with E-state index >= 15 is 0 Å². The van der Waals surface area contributed by atoms with E-state index in [2.05, 4.69) is 12.2 Å². The van der Waals surface area contributed by atoms with Gasteiger partial charge in [0.2, 0.25) is 5.91 Å². The van der Waals surface area contributed by atoms with Crippen LogP contribution in [-0.4, -0.2) is 25.2 Å². The highest BCUT2D eigenvalue weighted by atomic mass is 16.5. The second-order valence-corrected chi connectivity index (χ2v) is 4.73. The van der Waals surface area contributed by atoms with Crippen LogP contribution >= 0.6 is 0 Å². The van der Waals surface area contributed by atoms with Gasteiger partial charge < -0.3 is 9.64 Å². The molecule has 1 heterocycles. The quantitative estimate of drug-likeness (QED) is 0.919. The van der Waals surface area contributed by atoms with Crippen molar-refractivity contribution < 1.29 is 14.3 Å². The summed E-state index contributed by atoms with van der Waals surface area (Å²) in [5.74, 6) is 0.172. The standard InChI is InChI=1S/C15H20N2O3/c1-3-9-17-13-7-6-12(16-15(19)20-4-2)10-11(13)5-8-14(17)18/h6-7,10H,3-5,8-9H2,1-2H3,(H,16,19). The minimum Gasteiger partial charge on any atom is -0.450 e. The van der Waals surface area contributed by atoms with Crippen molar-refractivity contribution >= 4 is 23.4 Å². The highest BCUT2D eigenvalue weighted by molar-refractivity contribution is 5.97. The van der Waals surface area contributed by atoms with Crippen molar-refractivity contribution in [3.8, 4) is 0 Å². The minimum atomic E-state index is -0.454. The minimum absolute atomic E-state index is 0.172. The Hall–Kier alpha value is -2.04. The summed E-state index contributed by atoms with van der Waals surface area (Å²) in [6, 6.07) is 5.61. The maximum absolute atomic E-state index is 11.9. The maximum Gasteiger partial charge on any atom is 0.411 e. The molecule has 0 aliphatic carbocycles. The van der Waals surface area contributed by atoms with Gasteiger partial charge in [-0.2, -0.15) is 0 Å². The summed E-state index contributed by atoms with van der Waals surface area (Å²) in [6.07, 6.45) is 1.71. The van der Waals surface area contributed by atoms with E-state index in [9.17, 15) is 9.59 Å². The van der Waals surface area contributed by atoms with E-state index < -0.39 is 6.09 Å². The van der Waals surface area contributed by atoms with E-state index in [0.717, 1.165) is 24.2 Å². The number of nitrogens with zero attached hydrogens (tertiary/aromatic N) is 1. The van der Waals surface area contributed by atoms with E-state index in [-0.39, 0.29) is 5.91 Å². The molecule has 0 fully saturated rings. The first kappa shape index (κ1) is 14.4. The fourth-order valence-corrected chi connectivity index (χ4v) is 2.39. The highest BCUT2D eigenvalue weighted by Crippen LogP contribution is 2.30. The molecule has 0 saturated carbocycles. The molecule has 0 bridgehead atoms. The Labute approximate surface area is 118 Å². The van der Waals surface area contributed by atoms with Crippen LogP contribution in [0.15, 0.2) is 18.2 Å². The number of benzene rings is 1. The molecule has 1 N–H and O–H groups in total. The van der Waals surface area contributed by atoms with Crippen LogP contribution in [-0.2, 0) is 16.0 Å². The van der Waals surface area contributed by atoms with Gasteiger partial charge in [-0.25, -0.2) is 4.79 Å². The van der Waals surface area contributed by atoms with Crippen molar-refractivity contribution in [3.63, 3.8) is 0 Å². The third kappa shape index (κ3) is 3.10. The SMILES string of the molecule is CCCN1C(=O)CCc2cc(NC(=O)OCC)ccc21. The lowest BCUT2D eigenvalue weighted by atomic mass is 10.00. The van der Waals surface area contributed by atoms with Crippen molar-refractivity contribution in [1.29, 1.82) is 0 Å². The van der Waals surface area contributed by atoms with Crippen LogP contribution in [0.25, 0.3) is 0 Å². The molecule has 1 aromatic carbocycles.